The maximum Gasteiger partial charge on any atom is 0.330 e. The van der Waals surface area contributed by atoms with E-state index in [2.05, 4.69) is 4.98 Å². The highest BCUT2D eigenvalue weighted by molar-refractivity contribution is 5.95. The maximum absolute atomic E-state index is 13.4. The molecule has 1 aromatic heterocycles. The second-order valence-electron chi connectivity index (χ2n) is 7.79. The van der Waals surface area contributed by atoms with Crippen molar-refractivity contribution in [3.05, 3.63) is 80.5 Å². The normalized spacial score (nSPS) is 12.0. The quantitative estimate of drug-likeness (QED) is 0.491. The van der Waals surface area contributed by atoms with Crippen LogP contribution >= 0.6 is 0 Å². The first-order valence-corrected chi connectivity index (χ1v) is 10.8. The van der Waals surface area contributed by atoms with Crippen molar-refractivity contribution >= 4 is 17.4 Å². The topological polar surface area (TPSA) is 129 Å². The number of carbonyl (C=O) groups is 1. The third-order valence-corrected chi connectivity index (χ3v) is 5.55. The van der Waals surface area contributed by atoms with Crippen LogP contribution in [0.2, 0.25) is 0 Å². The molecule has 34 heavy (non-hydrogen) atoms. The zero-order valence-corrected chi connectivity index (χ0v) is 18.8. The van der Waals surface area contributed by atoms with Crippen LogP contribution in [0.3, 0.4) is 0 Å². The van der Waals surface area contributed by atoms with Gasteiger partial charge in [-0.25, -0.2) is 4.79 Å². The molecule has 1 aliphatic heterocycles. The summed E-state index contributed by atoms with van der Waals surface area (Å²) in [4.78, 5) is 42.2. The Morgan fingerprint density at radius 2 is 1.88 bits per heavy atom. The van der Waals surface area contributed by atoms with Gasteiger partial charge in [0.1, 0.15) is 5.82 Å². The van der Waals surface area contributed by atoms with Gasteiger partial charge in [0.2, 0.25) is 12.7 Å². The van der Waals surface area contributed by atoms with Gasteiger partial charge in [-0.3, -0.25) is 19.1 Å². The van der Waals surface area contributed by atoms with Gasteiger partial charge >= 0.3 is 5.69 Å². The first-order valence-electron chi connectivity index (χ1n) is 10.8. The molecule has 2 aromatic carbocycles. The van der Waals surface area contributed by atoms with Crippen molar-refractivity contribution in [3.63, 3.8) is 0 Å². The van der Waals surface area contributed by atoms with E-state index in [1.165, 1.54) is 16.6 Å². The van der Waals surface area contributed by atoms with E-state index >= 15 is 0 Å². The molecule has 0 aliphatic carbocycles. The Labute approximate surface area is 195 Å². The number of nitrogens with one attached hydrogen (secondary N) is 1. The van der Waals surface area contributed by atoms with Crippen LogP contribution in [-0.2, 0) is 29.0 Å². The highest BCUT2D eigenvalue weighted by atomic mass is 16.7. The molecule has 3 aromatic rings. The summed E-state index contributed by atoms with van der Waals surface area (Å²) in [5.74, 6) is 0.907. The number of carbonyl (C=O) groups excluding carboxylic acids is 1. The second-order valence-corrected chi connectivity index (χ2v) is 7.79. The number of aromatic nitrogens is 2. The number of ether oxygens (including phenoxy) is 3. The van der Waals surface area contributed by atoms with Crippen molar-refractivity contribution in [3.8, 4) is 11.5 Å². The molecule has 0 bridgehead atoms. The standard InChI is InChI=1S/C24H26N4O6/c1-32-12-11-27-22(25)21(23(30)26-24(27)31)28(14-17-5-3-2-4-6-17)20(29)10-8-16-7-9-18-19(13-16)34-15-33-18/h2-7,9,13H,8,10-12,14-15,25H2,1H3,(H,26,30,31). The SMILES string of the molecule is COCCn1c(N)c(N(Cc2ccccc2)C(=O)CCc2ccc3c(c2)OCO3)c(=O)[nH]c1=O. The number of aryl methyl sites for hydroxylation is 1. The summed E-state index contributed by atoms with van der Waals surface area (Å²) in [5, 5.41) is 0. The summed E-state index contributed by atoms with van der Waals surface area (Å²) in [6, 6.07) is 14.8. The molecule has 4 rings (SSSR count). The van der Waals surface area contributed by atoms with Gasteiger partial charge in [0.05, 0.1) is 19.7 Å². The summed E-state index contributed by atoms with van der Waals surface area (Å²) in [6.45, 7) is 0.641. The van der Waals surface area contributed by atoms with E-state index in [0.717, 1.165) is 11.1 Å². The Hall–Kier alpha value is -4.05. The zero-order chi connectivity index (χ0) is 24.1. The predicted octanol–water partition coefficient (Wildman–Crippen LogP) is 1.66. The van der Waals surface area contributed by atoms with E-state index in [1.54, 1.807) is 6.07 Å². The molecule has 0 saturated carbocycles. The molecule has 10 heteroatoms. The number of nitrogens with two attached hydrogens (primary N) is 1. The summed E-state index contributed by atoms with van der Waals surface area (Å²) in [5.41, 5.74) is 6.52. The van der Waals surface area contributed by atoms with Gasteiger partial charge in [-0.1, -0.05) is 36.4 Å². The van der Waals surface area contributed by atoms with Gasteiger partial charge < -0.3 is 24.8 Å². The lowest BCUT2D eigenvalue weighted by Crippen LogP contribution is -2.41. The lowest BCUT2D eigenvalue weighted by Gasteiger charge is -2.25. The van der Waals surface area contributed by atoms with Crippen LogP contribution < -0.4 is 31.4 Å². The molecule has 1 aliphatic rings. The third-order valence-electron chi connectivity index (χ3n) is 5.55. The second kappa shape index (κ2) is 10.3. The number of aromatic amines is 1. The fraction of sp³-hybridized carbons (Fsp3) is 0.292. The zero-order valence-electron chi connectivity index (χ0n) is 18.8. The number of H-pyrrole nitrogens is 1. The number of hydrogen-bond acceptors (Lipinski definition) is 7. The fourth-order valence-electron chi connectivity index (χ4n) is 3.78. The van der Waals surface area contributed by atoms with Crippen LogP contribution in [0.1, 0.15) is 17.5 Å². The van der Waals surface area contributed by atoms with Crippen molar-refractivity contribution in [1.82, 2.24) is 9.55 Å². The van der Waals surface area contributed by atoms with Crippen LogP contribution in [0.15, 0.2) is 58.1 Å². The molecule has 10 nitrogen and oxygen atoms in total. The number of anilines is 2. The van der Waals surface area contributed by atoms with E-state index < -0.39 is 11.2 Å². The number of methoxy groups -OCH3 is 1. The van der Waals surface area contributed by atoms with Gasteiger partial charge in [-0.2, -0.15) is 0 Å². The molecule has 1 amide bonds. The summed E-state index contributed by atoms with van der Waals surface area (Å²) in [7, 11) is 1.50. The van der Waals surface area contributed by atoms with Gasteiger partial charge in [0, 0.05) is 13.5 Å². The average molecular weight is 466 g/mol. The maximum atomic E-state index is 13.4. The van der Waals surface area contributed by atoms with Gasteiger partial charge in [0.25, 0.3) is 5.56 Å². The number of rotatable bonds is 9. The first kappa shape index (κ1) is 23.1. The molecule has 3 N–H and O–H groups in total. The average Bonchev–Trinajstić information content (AvgIpc) is 3.30. The van der Waals surface area contributed by atoms with Crippen LogP contribution in [0.4, 0.5) is 11.5 Å². The minimum Gasteiger partial charge on any atom is -0.454 e. The number of fused-ring (bicyclic) bond motifs is 1. The van der Waals surface area contributed by atoms with Gasteiger partial charge in [-0.05, 0) is 29.7 Å². The van der Waals surface area contributed by atoms with Crippen molar-refractivity contribution in [2.24, 2.45) is 0 Å². The van der Waals surface area contributed by atoms with E-state index in [1.807, 2.05) is 42.5 Å². The Bertz CT molecular complexity index is 1280. The number of nitrogen functional groups attached to an aromatic ring is 1. The van der Waals surface area contributed by atoms with E-state index in [-0.39, 0.29) is 50.3 Å². The minimum atomic E-state index is -0.719. The molecular weight excluding hydrogens is 440 g/mol. The summed E-state index contributed by atoms with van der Waals surface area (Å²) >= 11 is 0. The highest BCUT2D eigenvalue weighted by Crippen LogP contribution is 2.33. The highest BCUT2D eigenvalue weighted by Gasteiger charge is 2.25. The van der Waals surface area contributed by atoms with Gasteiger partial charge in [-0.15, -0.1) is 0 Å². The number of nitrogens with zero attached hydrogens (tertiary/aromatic N) is 2. The molecule has 0 unspecified atom stereocenters. The lowest BCUT2D eigenvalue weighted by molar-refractivity contribution is -0.118. The molecule has 0 atom stereocenters. The molecule has 0 saturated heterocycles. The molecule has 2 heterocycles. The fourth-order valence-corrected chi connectivity index (χ4v) is 3.78. The largest absolute Gasteiger partial charge is 0.454 e. The van der Waals surface area contributed by atoms with Crippen molar-refractivity contribution in [1.29, 1.82) is 0 Å². The number of hydrogen-bond donors (Lipinski definition) is 2. The van der Waals surface area contributed by atoms with Crippen molar-refractivity contribution in [2.75, 3.05) is 31.1 Å². The van der Waals surface area contributed by atoms with Crippen LogP contribution in [-0.4, -0.2) is 36.0 Å². The Morgan fingerprint density at radius 3 is 2.65 bits per heavy atom. The van der Waals surface area contributed by atoms with Crippen molar-refractivity contribution in [2.45, 2.75) is 25.9 Å². The molecule has 0 radical (unpaired) electrons. The Balaban J connectivity index is 1.65. The van der Waals surface area contributed by atoms with Crippen molar-refractivity contribution < 1.29 is 19.0 Å². The predicted molar refractivity (Wildman–Crippen MR) is 126 cm³/mol. The number of amides is 1. The number of benzene rings is 2. The van der Waals surface area contributed by atoms with E-state index in [4.69, 9.17) is 19.9 Å². The summed E-state index contributed by atoms with van der Waals surface area (Å²) in [6.07, 6.45) is 0.532. The molecule has 0 spiro atoms. The Morgan fingerprint density at radius 1 is 1.12 bits per heavy atom. The molecule has 0 fully saturated rings. The monoisotopic (exact) mass is 466 g/mol. The van der Waals surface area contributed by atoms with Crippen LogP contribution in [0.25, 0.3) is 0 Å². The third kappa shape index (κ3) is 4.96. The van der Waals surface area contributed by atoms with Gasteiger partial charge in [0.15, 0.2) is 17.2 Å². The first-order chi connectivity index (χ1) is 16.5. The van der Waals surface area contributed by atoms with Crippen LogP contribution in [0.5, 0.6) is 11.5 Å². The molecular formula is C24H26N4O6. The Kier molecular flexibility index (Phi) is 6.98. The smallest absolute Gasteiger partial charge is 0.330 e. The summed E-state index contributed by atoms with van der Waals surface area (Å²) < 4.78 is 17.0. The van der Waals surface area contributed by atoms with E-state index in [0.29, 0.717) is 17.9 Å². The lowest BCUT2D eigenvalue weighted by atomic mass is 10.1. The van der Waals surface area contributed by atoms with E-state index in [9.17, 15) is 14.4 Å². The minimum absolute atomic E-state index is 0.0600. The molecule has 178 valence electrons. The van der Waals surface area contributed by atoms with Crippen LogP contribution in [0, 0.1) is 0 Å².